The minimum atomic E-state index is -0.686. The molecule has 0 radical (unpaired) electrons. The normalized spacial score (nSPS) is 13.0. The molecule has 0 N–H and O–H groups in total. The van der Waals surface area contributed by atoms with Crippen LogP contribution in [0.25, 0.3) is 0 Å². The summed E-state index contributed by atoms with van der Waals surface area (Å²) in [6.45, 7) is 0. The van der Waals surface area contributed by atoms with Gasteiger partial charge in [-0.05, 0) is 60.2 Å². The molecular weight excluding hydrogens is 365 g/mol. The van der Waals surface area contributed by atoms with E-state index in [1.54, 1.807) is 12.4 Å². The number of hydrogen-bond donors (Lipinski definition) is 0. The van der Waals surface area contributed by atoms with Gasteiger partial charge in [-0.25, -0.2) is 9.97 Å². The first-order valence-electron chi connectivity index (χ1n) is 8.27. The highest BCUT2D eigenvalue weighted by Gasteiger charge is 2.32. The second-order valence-electron chi connectivity index (χ2n) is 6.25. The van der Waals surface area contributed by atoms with E-state index in [4.69, 9.17) is 23.2 Å². The lowest BCUT2D eigenvalue weighted by molar-refractivity contribution is 0.498. The summed E-state index contributed by atoms with van der Waals surface area (Å²) in [4.78, 5) is 8.17. The van der Waals surface area contributed by atoms with Crippen LogP contribution in [0.15, 0.2) is 67.3 Å². The zero-order valence-corrected chi connectivity index (χ0v) is 15.6. The van der Waals surface area contributed by atoms with Crippen molar-refractivity contribution in [2.24, 2.45) is 0 Å². The number of nitrogens with zero attached hydrogens (tertiary/aromatic N) is 3. The van der Waals surface area contributed by atoms with E-state index in [1.165, 1.54) is 6.33 Å². The van der Waals surface area contributed by atoms with E-state index in [0.29, 0.717) is 22.9 Å². The Bertz CT molecular complexity index is 887. The molecule has 0 saturated heterocycles. The van der Waals surface area contributed by atoms with E-state index in [2.05, 4.69) is 16.0 Å². The molecule has 0 amide bonds. The Hall–Kier alpha value is -2.41. The Labute approximate surface area is 163 Å². The van der Waals surface area contributed by atoms with Gasteiger partial charge in [0.2, 0.25) is 0 Å². The van der Waals surface area contributed by atoms with Gasteiger partial charge in [-0.15, -0.1) is 0 Å². The summed E-state index contributed by atoms with van der Waals surface area (Å²) in [5, 5.41) is 11.5. The largest absolute Gasteiger partial charge is 0.245 e. The highest BCUT2D eigenvalue weighted by molar-refractivity contribution is 6.30. The summed E-state index contributed by atoms with van der Waals surface area (Å²) < 4.78 is 0. The van der Waals surface area contributed by atoms with Crippen LogP contribution in [0, 0.1) is 11.3 Å². The number of halogens is 2. The zero-order chi connectivity index (χ0) is 18.4. The molecule has 1 heterocycles. The minimum absolute atomic E-state index is 0.541. The second kappa shape index (κ2) is 8.31. The van der Waals surface area contributed by atoms with E-state index < -0.39 is 5.41 Å². The fourth-order valence-electron chi connectivity index (χ4n) is 3.04. The molecule has 0 fully saturated rings. The van der Waals surface area contributed by atoms with Gasteiger partial charge >= 0.3 is 0 Å². The molecule has 0 spiro atoms. The van der Waals surface area contributed by atoms with E-state index >= 15 is 0 Å². The molecule has 1 unspecified atom stereocenters. The SMILES string of the molecule is N#CC(CCc1ccc(Cl)cc1)(Cc1cncnc1)c1ccc(Cl)cc1. The van der Waals surface area contributed by atoms with Crippen molar-refractivity contribution in [2.75, 3.05) is 0 Å². The summed E-state index contributed by atoms with van der Waals surface area (Å²) in [6, 6.07) is 17.8. The Kier molecular flexibility index (Phi) is 5.88. The van der Waals surface area contributed by atoms with Crippen molar-refractivity contribution < 1.29 is 0 Å². The van der Waals surface area contributed by atoms with Gasteiger partial charge in [-0.3, -0.25) is 0 Å². The lowest BCUT2D eigenvalue weighted by atomic mass is 9.73. The standard InChI is InChI=1S/C21H17Cl2N3/c22-19-5-1-16(2-6-19)9-10-21(14-24,11-17-12-25-15-26-13-17)18-3-7-20(23)8-4-18/h1-8,12-13,15H,9-11H2. The average molecular weight is 382 g/mol. The summed E-state index contributed by atoms with van der Waals surface area (Å²) in [7, 11) is 0. The molecule has 0 aliphatic carbocycles. The number of hydrogen-bond acceptors (Lipinski definition) is 3. The highest BCUT2D eigenvalue weighted by Crippen LogP contribution is 2.33. The van der Waals surface area contributed by atoms with E-state index in [0.717, 1.165) is 23.1 Å². The smallest absolute Gasteiger partial charge is 0.115 e. The first kappa shape index (κ1) is 18.4. The predicted octanol–water partition coefficient (Wildman–Crippen LogP) is 5.42. The van der Waals surface area contributed by atoms with Crippen LogP contribution in [-0.4, -0.2) is 9.97 Å². The maximum absolute atomic E-state index is 10.1. The van der Waals surface area contributed by atoms with Crippen LogP contribution in [0.1, 0.15) is 23.1 Å². The van der Waals surface area contributed by atoms with Gasteiger partial charge in [0.25, 0.3) is 0 Å². The van der Waals surface area contributed by atoms with Gasteiger partial charge in [0.1, 0.15) is 6.33 Å². The van der Waals surface area contributed by atoms with Crippen molar-refractivity contribution >= 4 is 23.2 Å². The summed E-state index contributed by atoms with van der Waals surface area (Å²) in [5.41, 5.74) is 2.34. The molecule has 0 aliphatic rings. The third-order valence-electron chi connectivity index (χ3n) is 4.48. The Morgan fingerprint density at radius 3 is 2.00 bits per heavy atom. The second-order valence-corrected chi connectivity index (χ2v) is 7.12. The van der Waals surface area contributed by atoms with Gasteiger partial charge in [-0.1, -0.05) is 47.5 Å². The van der Waals surface area contributed by atoms with Crippen molar-refractivity contribution in [2.45, 2.75) is 24.7 Å². The van der Waals surface area contributed by atoms with Crippen LogP contribution in [0.4, 0.5) is 0 Å². The van der Waals surface area contributed by atoms with E-state index in [-0.39, 0.29) is 0 Å². The molecule has 0 bridgehead atoms. The van der Waals surface area contributed by atoms with Gasteiger partial charge in [0.15, 0.2) is 0 Å². The van der Waals surface area contributed by atoms with Crippen LogP contribution >= 0.6 is 23.2 Å². The molecule has 1 aromatic heterocycles. The molecular formula is C21H17Cl2N3. The zero-order valence-electron chi connectivity index (χ0n) is 14.1. The minimum Gasteiger partial charge on any atom is -0.245 e. The molecule has 2 aromatic carbocycles. The van der Waals surface area contributed by atoms with Crippen LogP contribution in [0.5, 0.6) is 0 Å². The molecule has 0 saturated carbocycles. The molecule has 1 atom stereocenters. The van der Waals surface area contributed by atoms with Gasteiger partial charge in [0.05, 0.1) is 11.5 Å². The van der Waals surface area contributed by atoms with Crippen LogP contribution in [-0.2, 0) is 18.3 Å². The molecule has 3 nitrogen and oxygen atoms in total. The van der Waals surface area contributed by atoms with Crippen molar-refractivity contribution in [3.05, 3.63) is 94.0 Å². The number of aromatic nitrogens is 2. The lowest BCUT2D eigenvalue weighted by Gasteiger charge is -2.27. The number of nitriles is 1. The maximum atomic E-state index is 10.1. The Morgan fingerprint density at radius 2 is 1.42 bits per heavy atom. The summed E-state index contributed by atoms with van der Waals surface area (Å²) >= 11 is 12.0. The molecule has 5 heteroatoms. The Morgan fingerprint density at radius 1 is 0.846 bits per heavy atom. The van der Waals surface area contributed by atoms with Crippen molar-refractivity contribution in [1.29, 1.82) is 5.26 Å². The highest BCUT2D eigenvalue weighted by atomic mass is 35.5. The predicted molar refractivity (Wildman–Crippen MR) is 104 cm³/mol. The number of rotatable bonds is 6. The van der Waals surface area contributed by atoms with Crippen molar-refractivity contribution in [3.8, 4) is 6.07 Å². The third kappa shape index (κ3) is 4.40. The maximum Gasteiger partial charge on any atom is 0.115 e. The molecule has 3 aromatic rings. The number of benzene rings is 2. The molecule has 3 rings (SSSR count). The summed E-state index contributed by atoms with van der Waals surface area (Å²) in [6.07, 6.45) is 6.99. The van der Waals surface area contributed by atoms with Gasteiger partial charge < -0.3 is 0 Å². The average Bonchev–Trinajstić information content (AvgIpc) is 2.68. The molecule has 130 valence electrons. The van der Waals surface area contributed by atoms with Crippen molar-refractivity contribution in [3.63, 3.8) is 0 Å². The topological polar surface area (TPSA) is 49.6 Å². The van der Waals surface area contributed by atoms with Crippen LogP contribution in [0.3, 0.4) is 0 Å². The quantitative estimate of drug-likeness (QED) is 0.572. The lowest BCUT2D eigenvalue weighted by Crippen LogP contribution is -2.28. The fourth-order valence-corrected chi connectivity index (χ4v) is 3.29. The van der Waals surface area contributed by atoms with Crippen LogP contribution in [0.2, 0.25) is 10.0 Å². The van der Waals surface area contributed by atoms with Gasteiger partial charge in [-0.2, -0.15) is 5.26 Å². The molecule has 26 heavy (non-hydrogen) atoms. The number of aryl methyl sites for hydroxylation is 1. The van der Waals surface area contributed by atoms with Crippen molar-refractivity contribution in [1.82, 2.24) is 9.97 Å². The van der Waals surface area contributed by atoms with E-state index in [9.17, 15) is 5.26 Å². The third-order valence-corrected chi connectivity index (χ3v) is 4.99. The Balaban J connectivity index is 1.92. The first-order chi connectivity index (χ1) is 12.6. The first-order valence-corrected chi connectivity index (χ1v) is 9.02. The summed E-state index contributed by atoms with van der Waals surface area (Å²) in [5.74, 6) is 0. The van der Waals surface area contributed by atoms with E-state index in [1.807, 2.05) is 48.5 Å². The monoisotopic (exact) mass is 381 g/mol. The van der Waals surface area contributed by atoms with Crippen LogP contribution < -0.4 is 0 Å². The fraction of sp³-hybridized carbons (Fsp3) is 0.190. The molecule has 0 aliphatic heterocycles. The van der Waals surface area contributed by atoms with Gasteiger partial charge in [0, 0.05) is 22.4 Å².